The second-order valence-electron chi connectivity index (χ2n) is 4.15. The topological polar surface area (TPSA) is 66.4 Å². The molecule has 0 saturated carbocycles. The van der Waals surface area contributed by atoms with Gasteiger partial charge in [0.25, 0.3) is 10.0 Å². The van der Waals surface area contributed by atoms with Gasteiger partial charge in [-0.2, -0.15) is 0 Å². The Morgan fingerprint density at radius 2 is 1.81 bits per heavy atom. The molecule has 2 rings (SSSR count). The van der Waals surface area contributed by atoms with Gasteiger partial charge in [0.05, 0.1) is 12.3 Å². The van der Waals surface area contributed by atoms with Gasteiger partial charge in [-0.1, -0.05) is 17.7 Å². The van der Waals surface area contributed by atoms with Crippen molar-refractivity contribution in [3.63, 3.8) is 0 Å². The molecule has 0 fully saturated rings. The van der Waals surface area contributed by atoms with E-state index in [0.717, 1.165) is 24.3 Å². The fourth-order valence-corrected chi connectivity index (χ4v) is 2.93. The zero-order valence-corrected chi connectivity index (χ0v) is 12.0. The van der Waals surface area contributed by atoms with Crippen LogP contribution in [0.4, 0.5) is 14.5 Å². The molecule has 0 radical (unpaired) electrons. The molecule has 0 heterocycles. The second kappa shape index (κ2) is 5.97. The van der Waals surface area contributed by atoms with E-state index in [4.69, 9.17) is 16.7 Å². The minimum atomic E-state index is -4.31. The van der Waals surface area contributed by atoms with Crippen LogP contribution in [0.2, 0.25) is 5.02 Å². The molecule has 2 aromatic carbocycles. The van der Waals surface area contributed by atoms with Gasteiger partial charge in [-0.15, -0.1) is 0 Å². The van der Waals surface area contributed by atoms with Crippen molar-refractivity contribution in [3.8, 4) is 0 Å². The normalized spacial score (nSPS) is 11.4. The third kappa shape index (κ3) is 3.49. The minimum absolute atomic E-state index is 0.130. The van der Waals surface area contributed by atoms with E-state index >= 15 is 0 Å². The molecule has 0 unspecified atom stereocenters. The number of benzene rings is 2. The average molecular weight is 334 g/mol. The Labute approximate surface area is 125 Å². The SMILES string of the molecule is O=S(=O)(Nc1cc(Cl)ccc1F)c1ccc(CO)cc1F. The summed E-state index contributed by atoms with van der Waals surface area (Å²) in [5, 5.41) is 8.99. The van der Waals surface area contributed by atoms with Crippen LogP contribution in [0.5, 0.6) is 0 Å². The van der Waals surface area contributed by atoms with Crippen LogP contribution >= 0.6 is 11.6 Å². The van der Waals surface area contributed by atoms with Crippen LogP contribution in [0.15, 0.2) is 41.3 Å². The van der Waals surface area contributed by atoms with Gasteiger partial charge in [0.2, 0.25) is 0 Å². The molecule has 0 aliphatic heterocycles. The molecule has 4 nitrogen and oxygen atoms in total. The van der Waals surface area contributed by atoms with Gasteiger partial charge in [-0.3, -0.25) is 4.72 Å². The lowest BCUT2D eigenvalue weighted by atomic mass is 10.2. The molecular weight excluding hydrogens is 324 g/mol. The maximum Gasteiger partial charge on any atom is 0.264 e. The highest BCUT2D eigenvalue weighted by molar-refractivity contribution is 7.92. The molecule has 0 aliphatic rings. The molecular formula is C13H10ClF2NO3S. The molecule has 0 aliphatic carbocycles. The summed E-state index contributed by atoms with van der Waals surface area (Å²) in [6.45, 7) is -0.423. The Bertz CT molecular complexity index is 781. The molecule has 0 bridgehead atoms. The van der Waals surface area contributed by atoms with Crippen LogP contribution in [-0.4, -0.2) is 13.5 Å². The van der Waals surface area contributed by atoms with Gasteiger partial charge in [0.15, 0.2) is 0 Å². The van der Waals surface area contributed by atoms with Gasteiger partial charge in [-0.25, -0.2) is 17.2 Å². The third-order valence-electron chi connectivity index (χ3n) is 2.64. The van der Waals surface area contributed by atoms with E-state index in [1.54, 1.807) is 0 Å². The number of nitrogens with one attached hydrogen (secondary N) is 1. The first-order valence-electron chi connectivity index (χ1n) is 5.70. The van der Waals surface area contributed by atoms with E-state index in [1.807, 2.05) is 4.72 Å². The maximum atomic E-state index is 13.8. The predicted octanol–water partition coefficient (Wildman–Crippen LogP) is 2.91. The summed E-state index contributed by atoms with van der Waals surface area (Å²) in [7, 11) is -4.31. The van der Waals surface area contributed by atoms with Crippen molar-refractivity contribution in [2.24, 2.45) is 0 Å². The molecule has 8 heteroatoms. The van der Waals surface area contributed by atoms with Crippen molar-refractivity contribution >= 4 is 27.3 Å². The van der Waals surface area contributed by atoms with Crippen LogP contribution in [0.1, 0.15) is 5.56 Å². The van der Waals surface area contributed by atoms with E-state index < -0.39 is 33.2 Å². The Morgan fingerprint density at radius 1 is 1.10 bits per heavy atom. The largest absolute Gasteiger partial charge is 0.392 e. The number of rotatable bonds is 4. The molecule has 0 saturated heterocycles. The Hall–Kier alpha value is -1.70. The number of aliphatic hydroxyl groups excluding tert-OH is 1. The standard InChI is InChI=1S/C13H10ClF2NO3S/c14-9-2-3-10(15)12(6-9)17-21(19,20)13-4-1-8(7-18)5-11(13)16/h1-6,17-18H,7H2. The number of hydrogen-bond donors (Lipinski definition) is 2. The molecule has 0 amide bonds. The molecule has 0 aromatic heterocycles. The van der Waals surface area contributed by atoms with Crippen molar-refractivity contribution < 1.29 is 22.3 Å². The molecule has 2 aromatic rings. The first-order chi connectivity index (χ1) is 9.83. The monoisotopic (exact) mass is 333 g/mol. The lowest BCUT2D eigenvalue weighted by molar-refractivity contribution is 0.281. The van der Waals surface area contributed by atoms with Gasteiger partial charge in [0, 0.05) is 5.02 Å². The van der Waals surface area contributed by atoms with Crippen molar-refractivity contribution in [2.45, 2.75) is 11.5 Å². The highest BCUT2D eigenvalue weighted by atomic mass is 35.5. The number of aliphatic hydroxyl groups is 1. The lowest BCUT2D eigenvalue weighted by Crippen LogP contribution is -2.15. The maximum absolute atomic E-state index is 13.8. The molecule has 112 valence electrons. The average Bonchev–Trinajstić information content (AvgIpc) is 2.42. The van der Waals surface area contributed by atoms with E-state index in [2.05, 4.69) is 0 Å². The number of hydrogen-bond acceptors (Lipinski definition) is 3. The van der Waals surface area contributed by atoms with Crippen LogP contribution in [0.3, 0.4) is 0 Å². The summed E-state index contributed by atoms with van der Waals surface area (Å²) in [5.41, 5.74) is -0.159. The number of halogens is 3. The first-order valence-corrected chi connectivity index (χ1v) is 7.57. The number of anilines is 1. The van der Waals surface area contributed by atoms with Crippen molar-refractivity contribution in [2.75, 3.05) is 4.72 Å². The second-order valence-corrected chi connectivity index (χ2v) is 6.24. The van der Waals surface area contributed by atoms with Crippen LogP contribution in [0, 0.1) is 11.6 Å². The highest BCUT2D eigenvalue weighted by Crippen LogP contribution is 2.24. The van der Waals surface area contributed by atoms with Gasteiger partial charge in [0.1, 0.15) is 16.5 Å². The van der Waals surface area contributed by atoms with Crippen molar-refractivity contribution in [3.05, 3.63) is 58.6 Å². The Morgan fingerprint density at radius 3 is 2.43 bits per heavy atom. The van der Waals surface area contributed by atoms with Crippen molar-refractivity contribution in [1.82, 2.24) is 0 Å². The summed E-state index contributed by atoms with van der Waals surface area (Å²) in [6, 6.07) is 6.46. The number of sulfonamides is 1. The molecule has 21 heavy (non-hydrogen) atoms. The highest BCUT2D eigenvalue weighted by Gasteiger charge is 2.21. The van der Waals surface area contributed by atoms with E-state index in [9.17, 15) is 17.2 Å². The summed E-state index contributed by atoms with van der Waals surface area (Å²) in [5.74, 6) is -1.88. The Balaban J connectivity index is 2.41. The van der Waals surface area contributed by atoms with Gasteiger partial charge < -0.3 is 5.11 Å². The molecule has 0 atom stereocenters. The van der Waals surface area contributed by atoms with Crippen molar-refractivity contribution in [1.29, 1.82) is 0 Å². The van der Waals surface area contributed by atoms with Crippen LogP contribution < -0.4 is 4.72 Å². The van der Waals surface area contributed by atoms with Crippen LogP contribution in [0.25, 0.3) is 0 Å². The van der Waals surface area contributed by atoms with E-state index in [1.165, 1.54) is 12.1 Å². The summed E-state index contributed by atoms with van der Waals surface area (Å²) >= 11 is 5.66. The zero-order chi connectivity index (χ0) is 15.6. The zero-order valence-electron chi connectivity index (χ0n) is 10.5. The van der Waals surface area contributed by atoms with E-state index in [0.29, 0.717) is 0 Å². The van der Waals surface area contributed by atoms with Gasteiger partial charge >= 0.3 is 0 Å². The summed E-state index contributed by atoms with van der Waals surface area (Å²) in [6.07, 6.45) is 0. The van der Waals surface area contributed by atoms with Gasteiger partial charge in [-0.05, 0) is 35.9 Å². The first kappa shape index (κ1) is 15.7. The fourth-order valence-electron chi connectivity index (χ4n) is 1.64. The smallest absolute Gasteiger partial charge is 0.264 e. The predicted molar refractivity (Wildman–Crippen MR) is 74.5 cm³/mol. The third-order valence-corrected chi connectivity index (χ3v) is 4.27. The van der Waals surface area contributed by atoms with Crippen LogP contribution in [-0.2, 0) is 16.6 Å². The summed E-state index contributed by atoms with van der Waals surface area (Å²) < 4.78 is 53.3. The fraction of sp³-hybridized carbons (Fsp3) is 0.0769. The molecule has 2 N–H and O–H groups in total. The Kier molecular flexibility index (Phi) is 4.46. The summed E-state index contributed by atoms with van der Waals surface area (Å²) in [4.78, 5) is -0.654. The minimum Gasteiger partial charge on any atom is -0.392 e. The quantitative estimate of drug-likeness (QED) is 0.904. The van der Waals surface area contributed by atoms with E-state index in [-0.39, 0.29) is 16.3 Å². The lowest BCUT2D eigenvalue weighted by Gasteiger charge is -2.10. The molecule has 0 spiro atoms.